The Labute approximate surface area is 86.0 Å². The molecule has 0 fully saturated rings. The van der Waals surface area contributed by atoms with Crippen LogP contribution in [0.5, 0.6) is 0 Å². The monoisotopic (exact) mass is 193 g/mol. The molecule has 2 heteroatoms. The molecule has 0 aliphatic carbocycles. The van der Waals surface area contributed by atoms with Gasteiger partial charge in [0.2, 0.25) is 0 Å². The van der Waals surface area contributed by atoms with Crippen molar-refractivity contribution in [2.24, 2.45) is 0 Å². The summed E-state index contributed by atoms with van der Waals surface area (Å²) in [5.74, 6) is 0. The van der Waals surface area contributed by atoms with Gasteiger partial charge >= 0.3 is 0 Å². The maximum Gasteiger partial charge on any atom is 0.0667 e. The highest BCUT2D eigenvalue weighted by atomic mass is 16.3. The zero-order valence-corrected chi connectivity index (χ0v) is 8.74. The van der Waals surface area contributed by atoms with Crippen molar-refractivity contribution in [3.05, 3.63) is 35.9 Å². The first-order chi connectivity index (χ1) is 6.83. The van der Waals surface area contributed by atoms with E-state index in [1.807, 2.05) is 25.1 Å². The van der Waals surface area contributed by atoms with Crippen LogP contribution in [0.4, 0.5) is 0 Å². The van der Waals surface area contributed by atoms with E-state index in [0.29, 0.717) is 6.54 Å². The third-order valence-corrected chi connectivity index (χ3v) is 2.24. The topological polar surface area (TPSA) is 32.3 Å². The Balaban J connectivity index is 2.20. The fraction of sp³-hybridized carbons (Fsp3) is 0.500. The van der Waals surface area contributed by atoms with E-state index >= 15 is 0 Å². The number of hydrogen-bond donors (Lipinski definition) is 2. The predicted molar refractivity (Wildman–Crippen MR) is 59.3 cm³/mol. The maximum absolute atomic E-state index is 9.58. The van der Waals surface area contributed by atoms with Gasteiger partial charge in [0.05, 0.1) is 6.10 Å². The summed E-state index contributed by atoms with van der Waals surface area (Å²) in [6.45, 7) is 3.66. The van der Waals surface area contributed by atoms with E-state index in [4.69, 9.17) is 0 Å². The number of aryl methyl sites for hydroxylation is 1. The Hall–Kier alpha value is -0.860. The number of nitrogens with one attached hydrogen (secondary N) is 1. The van der Waals surface area contributed by atoms with E-state index in [1.165, 1.54) is 5.56 Å². The molecule has 14 heavy (non-hydrogen) atoms. The van der Waals surface area contributed by atoms with Crippen molar-refractivity contribution in [2.75, 3.05) is 13.1 Å². The Morgan fingerprint density at radius 1 is 1.29 bits per heavy atom. The van der Waals surface area contributed by atoms with Crippen LogP contribution in [0.3, 0.4) is 0 Å². The molecule has 2 N–H and O–H groups in total. The summed E-state index contributed by atoms with van der Waals surface area (Å²) in [5, 5.41) is 12.7. The zero-order valence-electron chi connectivity index (χ0n) is 8.74. The molecule has 0 radical (unpaired) electrons. The van der Waals surface area contributed by atoms with Crippen LogP contribution >= 0.6 is 0 Å². The Morgan fingerprint density at radius 2 is 2.00 bits per heavy atom. The largest absolute Gasteiger partial charge is 0.392 e. The first-order valence-electron chi connectivity index (χ1n) is 5.25. The van der Waals surface area contributed by atoms with Crippen LogP contribution in [-0.4, -0.2) is 24.3 Å². The molecule has 1 rings (SSSR count). The smallest absolute Gasteiger partial charge is 0.0667 e. The minimum atomic E-state index is -0.227. The number of aliphatic hydroxyl groups is 1. The van der Waals surface area contributed by atoms with Crippen molar-refractivity contribution >= 4 is 0 Å². The minimum absolute atomic E-state index is 0.227. The molecule has 1 aromatic rings. The number of aliphatic hydroxyl groups excluding tert-OH is 1. The molecule has 1 unspecified atom stereocenters. The second-order valence-corrected chi connectivity index (χ2v) is 3.49. The lowest BCUT2D eigenvalue weighted by molar-refractivity contribution is 0.163. The van der Waals surface area contributed by atoms with Gasteiger partial charge in [-0.1, -0.05) is 37.3 Å². The van der Waals surface area contributed by atoms with Crippen molar-refractivity contribution in [3.63, 3.8) is 0 Å². The lowest BCUT2D eigenvalue weighted by Gasteiger charge is -2.10. The molecule has 0 amide bonds. The summed E-state index contributed by atoms with van der Waals surface area (Å²) in [7, 11) is 0. The van der Waals surface area contributed by atoms with Crippen LogP contribution in [0.2, 0.25) is 0 Å². The average molecular weight is 193 g/mol. The summed E-state index contributed by atoms with van der Waals surface area (Å²) in [6.07, 6.45) is 1.56. The molecule has 0 spiro atoms. The standard InChI is InChI=1S/C12H19NO/c1-2-13-10-12(14)9-8-11-6-4-3-5-7-11/h3-7,12-14H,2,8-10H2,1H3. The van der Waals surface area contributed by atoms with E-state index in [1.54, 1.807) is 0 Å². The zero-order chi connectivity index (χ0) is 10.2. The van der Waals surface area contributed by atoms with E-state index in [0.717, 1.165) is 19.4 Å². The van der Waals surface area contributed by atoms with Crippen molar-refractivity contribution < 1.29 is 5.11 Å². The van der Waals surface area contributed by atoms with Gasteiger partial charge < -0.3 is 10.4 Å². The van der Waals surface area contributed by atoms with Gasteiger partial charge in [0.15, 0.2) is 0 Å². The summed E-state index contributed by atoms with van der Waals surface area (Å²) in [6, 6.07) is 10.3. The summed E-state index contributed by atoms with van der Waals surface area (Å²) in [4.78, 5) is 0. The van der Waals surface area contributed by atoms with E-state index < -0.39 is 0 Å². The first-order valence-corrected chi connectivity index (χ1v) is 5.25. The van der Waals surface area contributed by atoms with Gasteiger partial charge in [-0.2, -0.15) is 0 Å². The van der Waals surface area contributed by atoms with E-state index in [9.17, 15) is 5.11 Å². The Morgan fingerprint density at radius 3 is 2.64 bits per heavy atom. The van der Waals surface area contributed by atoms with Crippen LogP contribution in [-0.2, 0) is 6.42 Å². The third-order valence-electron chi connectivity index (χ3n) is 2.24. The molecule has 1 atom stereocenters. The molecule has 0 aliphatic heterocycles. The Kier molecular flexibility index (Phi) is 5.27. The van der Waals surface area contributed by atoms with Gasteiger partial charge in [-0.05, 0) is 24.9 Å². The molecule has 0 aliphatic rings. The van der Waals surface area contributed by atoms with Crippen LogP contribution < -0.4 is 5.32 Å². The molecule has 2 nitrogen and oxygen atoms in total. The minimum Gasteiger partial charge on any atom is -0.392 e. The fourth-order valence-corrected chi connectivity index (χ4v) is 1.39. The molecular weight excluding hydrogens is 174 g/mol. The molecule has 0 aromatic heterocycles. The highest BCUT2D eigenvalue weighted by Crippen LogP contribution is 2.04. The highest BCUT2D eigenvalue weighted by Gasteiger charge is 2.02. The molecule has 0 bridgehead atoms. The quantitative estimate of drug-likeness (QED) is 0.719. The van der Waals surface area contributed by atoms with Crippen LogP contribution in [0.1, 0.15) is 18.9 Å². The molecule has 78 valence electrons. The van der Waals surface area contributed by atoms with E-state index in [2.05, 4.69) is 17.4 Å². The first kappa shape index (κ1) is 11.2. The van der Waals surface area contributed by atoms with Gasteiger partial charge in [0, 0.05) is 6.54 Å². The second kappa shape index (κ2) is 6.57. The van der Waals surface area contributed by atoms with Crippen LogP contribution in [0.15, 0.2) is 30.3 Å². The highest BCUT2D eigenvalue weighted by molar-refractivity contribution is 5.14. The fourth-order valence-electron chi connectivity index (χ4n) is 1.39. The van der Waals surface area contributed by atoms with Gasteiger partial charge in [-0.15, -0.1) is 0 Å². The molecule has 1 aromatic carbocycles. The molecular formula is C12H19NO. The normalized spacial score (nSPS) is 12.7. The lowest BCUT2D eigenvalue weighted by atomic mass is 10.1. The average Bonchev–Trinajstić information content (AvgIpc) is 2.25. The van der Waals surface area contributed by atoms with Gasteiger partial charge in [-0.3, -0.25) is 0 Å². The van der Waals surface area contributed by atoms with Crippen molar-refractivity contribution in [2.45, 2.75) is 25.9 Å². The van der Waals surface area contributed by atoms with Crippen LogP contribution in [0.25, 0.3) is 0 Å². The maximum atomic E-state index is 9.58. The van der Waals surface area contributed by atoms with Gasteiger partial charge in [0.25, 0.3) is 0 Å². The summed E-state index contributed by atoms with van der Waals surface area (Å²) < 4.78 is 0. The third kappa shape index (κ3) is 4.40. The van der Waals surface area contributed by atoms with Crippen molar-refractivity contribution in [1.29, 1.82) is 0 Å². The van der Waals surface area contributed by atoms with Crippen molar-refractivity contribution in [1.82, 2.24) is 5.32 Å². The van der Waals surface area contributed by atoms with Gasteiger partial charge in [-0.25, -0.2) is 0 Å². The SMILES string of the molecule is CCNCC(O)CCc1ccccc1. The molecule has 0 heterocycles. The molecule has 0 saturated carbocycles. The second-order valence-electron chi connectivity index (χ2n) is 3.49. The van der Waals surface area contributed by atoms with Gasteiger partial charge in [0.1, 0.15) is 0 Å². The van der Waals surface area contributed by atoms with Crippen LogP contribution in [0, 0.1) is 0 Å². The lowest BCUT2D eigenvalue weighted by Crippen LogP contribution is -2.26. The molecule has 0 saturated heterocycles. The predicted octanol–water partition coefficient (Wildman–Crippen LogP) is 1.59. The number of benzene rings is 1. The van der Waals surface area contributed by atoms with E-state index in [-0.39, 0.29) is 6.10 Å². The summed E-state index contributed by atoms with van der Waals surface area (Å²) >= 11 is 0. The Bertz CT molecular complexity index is 235. The number of hydrogen-bond acceptors (Lipinski definition) is 2. The van der Waals surface area contributed by atoms with Crippen molar-refractivity contribution in [3.8, 4) is 0 Å². The summed E-state index contributed by atoms with van der Waals surface area (Å²) in [5.41, 5.74) is 1.29. The number of rotatable bonds is 6. The number of likely N-dealkylation sites (N-methyl/N-ethyl adjacent to an activating group) is 1.